The van der Waals surface area contributed by atoms with Gasteiger partial charge in [-0.25, -0.2) is 9.97 Å². The molecular weight excluding hydrogens is 332 g/mol. The van der Waals surface area contributed by atoms with Gasteiger partial charge in [0, 0.05) is 23.5 Å². The monoisotopic (exact) mass is 352 g/mol. The Labute approximate surface area is 150 Å². The van der Waals surface area contributed by atoms with Crippen LogP contribution in [-0.4, -0.2) is 29.0 Å². The maximum atomic E-state index is 12.5. The van der Waals surface area contributed by atoms with Crippen LogP contribution in [0.25, 0.3) is 10.1 Å². The van der Waals surface area contributed by atoms with E-state index in [0.29, 0.717) is 6.54 Å². The minimum Gasteiger partial charge on any atom is -0.346 e. The summed E-state index contributed by atoms with van der Waals surface area (Å²) < 4.78 is 1.13. The summed E-state index contributed by atoms with van der Waals surface area (Å²) >= 11 is 1.51. The molecule has 0 bridgehead atoms. The molecule has 0 aliphatic carbocycles. The first-order valence-electron chi connectivity index (χ1n) is 8.55. The Hall–Kier alpha value is -2.47. The van der Waals surface area contributed by atoms with Crippen LogP contribution in [0.4, 0.5) is 5.95 Å². The number of nitrogens with one attached hydrogen (secondary N) is 1. The zero-order valence-electron chi connectivity index (χ0n) is 14.2. The van der Waals surface area contributed by atoms with Gasteiger partial charge in [0.05, 0.1) is 17.1 Å². The van der Waals surface area contributed by atoms with Crippen LogP contribution in [0.15, 0.2) is 36.4 Å². The molecule has 1 N–H and O–H groups in total. The van der Waals surface area contributed by atoms with Gasteiger partial charge >= 0.3 is 0 Å². The van der Waals surface area contributed by atoms with Crippen LogP contribution in [0.2, 0.25) is 0 Å². The van der Waals surface area contributed by atoms with Crippen molar-refractivity contribution in [2.75, 3.05) is 18.0 Å². The second kappa shape index (κ2) is 6.80. The van der Waals surface area contributed by atoms with E-state index in [0.717, 1.165) is 45.4 Å². The summed E-state index contributed by atoms with van der Waals surface area (Å²) in [7, 11) is 0. The molecule has 1 aliphatic heterocycles. The standard InChI is InChI=1S/C19H20N4OS/c1-13-10-15(22-19(21-13)23-8-4-5-9-23)12-20-18(24)17-11-14-6-2-3-7-16(14)25-17/h2-3,6-7,10-11H,4-5,8-9,12H2,1H3,(H,20,24). The van der Waals surface area contributed by atoms with Crippen molar-refractivity contribution in [3.63, 3.8) is 0 Å². The molecule has 1 aromatic carbocycles. The minimum absolute atomic E-state index is 0.0554. The number of amides is 1. The number of hydrogen-bond donors (Lipinski definition) is 1. The van der Waals surface area contributed by atoms with E-state index in [4.69, 9.17) is 0 Å². The normalized spacial score (nSPS) is 14.2. The quantitative estimate of drug-likeness (QED) is 0.780. The number of rotatable bonds is 4. The molecule has 6 heteroatoms. The summed E-state index contributed by atoms with van der Waals surface area (Å²) in [4.78, 5) is 24.6. The number of aryl methyl sites for hydroxylation is 1. The summed E-state index contributed by atoms with van der Waals surface area (Å²) in [5.41, 5.74) is 1.78. The summed E-state index contributed by atoms with van der Waals surface area (Å²) in [6.45, 7) is 4.41. The van der Waals surface area contributed by atoms with Crippen molar-refractivity contribution in [1.29, 1.82) is 0 Å². The Morgan fingerprint density at radius 2 is 2.00 bits per heavy atom. The minimum atomic E-state index is -0.0554. The molecule has 128 valence electrons. The highest BCUT2D eigenvalue weighted by Gasteiger charge is 2.16. The summed E-state index contributed by atoms with van der Waals surface area (Å²) in [6.07, 6.45) is 2.38. The molecule has 1 fully saturated rings. The Morgan fingerprint density at radius 3 is 2.80 bits per heavy atom. The van der Waals surface area contributed by atoms with Gasteiger partial charge in [-0.3, -0.25) is 4.79 Å². The smallest absolute Gasteiger partial charge is 0.261 e. The van der Waals surface area contributed by atoms with Crippen LogP contribution < -0.4 is 10.2 Å². The molecule has 1 saturated heterocycles. The molecule has 2 aromatic heterocycles. The number of anilines is 1. The lowest BCUT2D eigenvalue weighted by Gasteiger charge is -2.16. The SMILES string of the molecule is Cc1cc(CNC(=O)c2cc3ccccc3s2)nc(N2CCCC2)n1. The second-order valence-electron chi connectivity index (χ2n) is 6.33. The maximum Gasteiger partial charge on any atom is 0.261 e. The molecule has 3 heterocycles. The lowest BCUT2D eigenvalue weighted by molar-refractivity contribution is 0.0954. The predicted octanol–water partition coefficient (Wildman–Crippen LogP) is 3.53. The van der Waals surface area contributed by atoms with Crippen molar-refractivity contribution >= 4 is 33.3 Å². The van der Waals surface area contributed by atoms with Gasteiger partial charge in [0.1, 0.15) is 0 Å². The molecule has 0 saturated carbocycles. The van der Waals surface area contributed by atoms with E-state index in [1.54, 1.807) is 0 Å². The van der Waals surface area contributed by atoms with E-state index >= 15 is 0 Å². The van der Waals surface area contributed by atoms with Crippen molar-refractivity contribution in [3.8, 4) is 0 Å². The fourth-order valence-corrected chi connectivity index (χ4v) is 4.10. The van der Waals surface area contributed by atoms with E-state index < -0.39 is 0 Å². The summed E-state index contributed by atoms with van der Waals surface area (Å²) in [6, 6.07) is 11.9. The molecule has 1 amide bonds. The largest absolute Gasteiger partial charge is 0.346 e. The number of aromatic nitrogens is 2. The summed E-state index contributed by atoms with van der Waals surface area (Å²) in [5, 5.41) is 4.09. The molecule has 3 aromatic rings. The molecule has 0 spiro atoms. The van der Waals surface area contributed by atoms with Gasteiger partial charge in [-0.1, -0.05) is 18.2 Å². The molecule has 0 radical (unpaired) electrons. The predicted molar refractivity (Wildman–Crippen MR) is 101 cm³/mol. The van der Waals surface area contributed by atoms with Gasteiger partial charge in [-0.05, 0) is 43.4 Å². The van der Waals surface area contributed by atoms with E-state index in [-0.39, 0.29) is 5.91 Å². The molecule has 1 aliphatic rings. The fourth-order valence-electron chi connectivity index (χ4n) is 3.12. The zero-order chi connectivity index (χ0) is 17.2. The van der Waals surface area contributed by atoms with E-state index in [9.17, 15) is 4.79 Å². The Kier molecular flexibility index (Phi) is 4.36. The first-order chi connectivity index (χ1) is 12.2. The lowest BCUT2D eigenvalue weighted by atomic mass is 10.2. The number of nitrogens with zero attached hydrogens (tertiary/aromatic N) is 3. The molecule has 4 rings (SSSR count). The van der Waals surface area contributed by atoms with Crippen LogP contribution in [-0.2, 0) is 6.54 Å². The van der Waals surface area contributed by atoms with Gasteiger partial charge in [-0.15, -0.1) is 11.3 Å². The number of carbonyl (C=O) groups is 1. The zero-order valence-corrected chi connectivity index (χ0v) is 15.0. The van der Waals surface area contributed by atoms with Gasteiger partial charge < -0.3 is 10.2 Å². The van der Waals surface area contributed by atoms with Crippen molar-refractivity contribution in [2.45, 2.75) is 26.3 Å². The molecule has 5 nitrogen and oxygen atoms in total. The lowest BCUT2D eigenvalue weighted by Crippen LogP contribution is -2.25. The van der Waals surface area contributed by atoms with Gasteiger partial charge in [0.25, 0.3) is 5.91 Å². The maximum absolute atomic E-state index is 12.5. The highest BCUT2D eigenvalue weighted by molar-refractivity contribution is 7.20. The van der Waals surface area contributed by atoms with Crippen LogP contribution in [0.5, 0.6) is 0 Å². The van der Waals surface area contributed by atoms with E-state index in [2.05, 4.69) is 20.2 Å². The van der Waals surface area contributed by atoms with Gasteiger partial charge in [0.2, 0.25) is 5.95 Å². The van der Waals surface area contributed by atoms with Gasteiger partial charge in [-0.2, -0.15) is 0 Å². The van der Waals surface area contributed by atoms with Gasteiger partial charge in [0.15, 0.2) is 0 Å². The van der Waals surface area contributed by atoms with Crippen LogP contribution in [0.3, 0.4) is 0 Å². The average molecular weight is 352 g/mol. The molecule has 0 unspecified atom stereocenters. The second-order valence-corrected chi connectivity index (χ2v) is 7.41. The third-order valence-corrected chi connectivity index (χ3v) is 5.48. The molecular formula is C19H20N4OS. The number of hydrogen-bond acceptors (Lipinski definition) is 5. The number of carbonyl (C=O) groups excluding carboxylic acids is 1. The van der Waals surface area contributed by atoms with E-state index in [1.165, 1.54) is 24.2 Å². The Balaban J connectivity index is 1.47. The highest BCUT2D eigenvalue weighted by Crippen LogP contribution is 2.25. The first kappa shape index (κ1) is 16.0. The van der Waals surface area contributed by atoms with Crippen molar-refractivity contribution < 1.29 is 4.79 Å². The van der Waals surface area contributed by atoms with E-state index in [1.807, 2.05) is 43.3 Å². The topological polar surface area (TPSA) is 58.1 Å². The third-order valence-electron chi connectivity index (χ3n) is 4.36. The van der Waals surface area contributed by atoms with Crippen molar-refractivity contribution in [3.05, 3.63) is 52.7 Å². The number of fused-ring (bicyclic) bond motifs is 1. The first-order valence-corrected chi connectivity index (χ1v) is 9.37. The third kappa shape index (κ3) is 3.49. The average Bonchev–Trinajstić information content (AvgIpc) is 3.28. The number of thiophene rings is 1. The highest BCUT2D eigenvalue weighted by atomic mass is 32.1. The molecule has 0 atom stereocenters. The Morgan fingerprint density at radius 1 is 1.20 bits per heavy atom. The van der Waals surface area contributed by atoms with Crippen LogP contribution >= 0.6 is 11.3 Å². The molecule has 25 heavy (non-hydrogen) atoms. The van der Waals surface area contributed by atoms with Crippen LogP contribution in [0.1, 0.15) is 33.9 Å². The van der Waals surface area contributed by atoms with Crippen LogP contribution in [0, 0.1) is 6.92 Å². The fraction of sp³-hybridized carbons (Fsp3) is 0.316. The summed E-state index contributed by atoms with van der Waals surface area (Å²) in [5.74, 6) is 0.726. The van der Waals surface area contributed by atoms with Crippen molar-refractivity contribution in [1.82, 2.24) is 15.3 Å². The Bertz CT molecular complexity index is 882. The van der Waals surface area contributed by atoms with Crippen molar-refractivity contribution in [2.24, 2.45) is 0 Å². The number of benzene rings is 1.